The third kappa shape index (κ3) is 23.0. The average Bonchev–Trinajstić information content (AvgIpc) is 0.749. The van der Waals surface area contributed by atoms with Crippen molar-refractivity contribution in [3.8, 4) is 80.1 Å². The summed E-state index contributed by atoms with van der Waals surface area (Å²) in [4.78, 5) is 129. The third-order valence-electron chi connectivity index (χ3n) is 23.4. The fourth-order valence-corrected chi connectivity index (χ4v) is 16.7. The molecule has 13 atom stereocenters. The third-order valence-corrected chi connectivity index (χ3v) is 24.1. The number of amides is 8. The second-order valence-corrected chi connectivity index (χ2v) is 34.9. The maximum atomic E-state index is 16.8. The number of unbranched alkanes of at least 4 members (excludes halogenated alkanes) is 7. The lowest BCUT2D eigenvalue weighted by atomic mass is 9.87. The van der Waals surface area contributed by atoms with E-state index in [4.69, 9.17) is 52.6 Å². The molecule has 7 aliphatic heterocycles. The van der Waals surface area contributed by atoms with Gasteiger partial charge in [-0.3, -0.25) is 38.4 Å². The van der Waals surface area contributed by atoms with Crippen molar-refractivity contribution in [2.24, 2.45) is 5.73 Å². The fraction of sp³-hybridized carbons (Fsp3) is 0.451. The van der Waals surface area contributed by atoms with E-state index >= 15 is 28.8 Å². The minimum atomic E-state index is -2.33. The van der Waals surface area contributed by atoms with Crippen molar-refractivity contribution >= 4 is 70.5 Å². The molecule has 0 aromatic heterocycles. The molecule has 0 radical (unpaired) electrons. The van der Waals surface area contributed by atoms with Gasteiger partial charge in [-0.15, -0.1) is 0 Å². The summed E-state index contributed by atoms with van der Waals surface area (Å²) in [7, 11) is 13.1. The van der Waals surface area contributed by atoms with Gasteiger partial charge in [0.2, 0.25) is 53.4 Å². The van der Waals surface area contributed by atoms with E-state index in [1.54, 1.807) is 0 Å². The van der Waals surface area contributed by atoms with Crippen LogP contribution in [-0.4, -0.2) is 240 Å². The van der Waals surface area contributed by atoms with E-state index in [0.29, 0.717) is 44.5 Å². The number of nitrogens with one attached hydrogen (secondary N) is 10. The number of aliphatic hydroxyl groups excluding tert-OH is 3. The Kier molecular flexibility index (Phi) is 32.0. The van der Waals surface area contributed by atoms with Crippen LogP contribution in [0.25, 0.3) is 11.1 Å². The van der Waals surface area contributed by atoms with E-state index in [2.05, 4.69) is 74.2 Å². The van der Waals surface area contributed by atoms with Gasteiger partial charge in [-0.05, 0) is 180 Å². The summed E-state index contributed by atoms with van der Waals surface area (Å²) in [5.41, 5.74) is 4.84. The SMILES string of the molecule is CCCCCCCCCC[N+](C)(C)CCCNCc1c(O)cc2c(c1O)-c1cc(ccc1O)[C@H]1NC(=O)[C@@H]3NC(=O)[C@H]4NC(=O)[C@@H](Cc5ccc(cc5)Oc5cc3cc(c5O[C@@H]3O[C@H](C(=O)NCCCN(C)C)[C@@H](O)[C@H](O)[C@H]3N)Oc3ccc(cc3Cl)[C@@H](O)[C@H](NC1=O)C(=O)N[C@@H]2C(=O)NCCCN(C)C)NC(=O)[C@H](NC)c1ccc(O)c(c1)Oc1cc(O)c(Cl)c4c1. The number of carbonyl (C=O) groups is 8. The molecule has 0 unspecified atom stereocenters. The van der Waals surface area contributed by atoms with Crippen molar-refractivity contribution in [3.05, 3.63) is 164 Å². The van der Waals surface area contributed by atoms with Crippen LogP contribution < -0.4 is 77.8 Å². The average molecular weight is 1810 g/mol. The van der Waals surface area contributed by atoms with Gasteiger partial charge < -0.3 is 138 Å². The molecular formula is C91H115Cl2N14O21+. The number of quaternary nitrogens is 1. The summed E-state index contributed by atoms with van der Waals surface area (Å²) < 4.78 is 33.4. The standard InChI is InChI=1S/C91H114Cl2N14O21/c1-9-10-11-12-13-14-15-16-35-107(7,8)36-19-30-96-46-57-62(110)45-55-68(78(57)113)54-38-48(22-27-60(54)108)72-86(119)104-76(89(122)103-74(55)84(117)97-31-17-33-105(3)4)77(112)50-24-29-64(58(92)39-50)126-67-42-51-41-66(81(67)127-91-70(94)79(114)80(115)82(128-91)90(123)98-32-18-34-106(5)6)124-52-25-20-47(21-26-52)37-59-83(116)102-75(88(121)101-73(51)87(120)100-72)56-43-53(44-63(111)69(56)93)125-65-40-49(23-28-61(65)109)71(95-2)85(118)99-59/h20-29,38-45,59,70-77,79-80,82,91,95-96,112,114-115H,9-19,30-37,46,94H2,1-8H3,(H12-,97,98,99,100,101,102,103,104,108,109,110,111,113,116,117,118,119,120,121,122,123)/p+1/t59-,70-,71-,72-,73-,74+,75+,76+,77-,79-,80+,82+,91-/m1/s1. The fourth-order valence-electron chi connectivity index (χ4n) is 16.2. The van der Waals surface area contributed by atoms with Crippen LogP contribution in [0.1, 0.15) is 158 Å². The number of phenols is 5. The van der Waals surface area contributed by atoms with E-state index < -0.39 is 188 Å². The van der Waals surface area contributed by atoms with Gasteiger partial charge in [0.1, 0.15) is 101 Å². The number of likely N-dealkylation sites (N-methyl/N-ethyl adjacent to an activating group) is 1. The first-order valence-corrected chi connectivity index (χ1v) is 43.7. The largest absolute Gasteiger partial charge is 0.507 e. The Bertz CT molecular complexity index is 5220. The van der Waals surface area contributed by atoms with Crippen molar-refractivity contribution in [3.63, 3.8) is 0 Å². The number of benzene rings is 7. The van der Waals surface area contributed by atoms with Gasteiger partial charge in [-0.25, -0.2) is 0 Å². The van der Waals surface area contributed by atoms with Gasteiger partial charge in [-0.2, -0.15) is 0 Å². The van der Waals surface area contributed by atoms with Crippen LogP contribution in [0.4, 0.5) is 0 Å². The van der Waals surface area contributed by atoms with Crippen LogP contribution in [0.15, 0.2) is 109 Å². The van der Waals surface area contributed by atoms with E-state index in [0.717, 1.165) is 72.9 Å². The van der Waals surface area contributed by atoms with Crippen molar-refractivity contribution in [1.29, 1.82) is 0 Å². The number of nitrogens with zero attached hydrogens (tertiary/aromatic N) is 3. The quantitative estimate of drug-likeness (QED) is 0.0185. The van der Waals surface area contributed by atoms with Gasteiger partial charge >= 0.3 is 0 Å². The Hall–Kier alpha value is -11.3. The normalized spacial score (nSPS) is 22.4. The highest BCUT2D eigenvalue weighted by Crippen LogP contribution is 2.51. The number of halogens is 2. The number of phenolic OH excluding ortho intramolecular Hbond substituents is 5. The molecule has 7 aromatic carbocycles. The number of rotatable bonds is 28. The summed E-state index contributed by atoms with van der Waals surface area (Å²) in [6.07, 6.45) is 0.659. The summed E-state index contributed by atoms with van der Waals surface area (Å²) in [5.74, 6) is -14.6. The van der Waals surface area contributed by atoms with Crippen LogP contribution in [-0.2, 0) is 56.1 Å². The smallest absolute Gasteiger partial charge is 0.252 e. The number of carbonyl (C=O) groups excluding carboxylic acids is 8. The number of fused-ring (bicyclic) bond motifs is 14. The minimum absolute atomic E-state index is 0.00590. The van der Waals surface area contributed by atoms with E-state index in [1.165, 1.54) is 112 Å². The summed E-state index contributed by atoms with van der Waals surface area (Å²) in [6.45, 7) is 5.24. The van der Waals surface area contributed by atoms with Crippen molar-refractivity contribution in [2.45, 2.75) is 170 Å². The van der Waals surface area contributed by atoms with Crippen molar-refractivity contribution in [1.82, 2.24) is 63.0 Å². The number of nitrogens with two attached hydrogens (primary N) is 1. The van der Waals surface area contributed by atoms with E-state index in [1.807, 2.05) is 38.0 Å². The Labute approximate surface area is 751 Å². The number of hydrogen-bond donors (Lipinski definition) is 19. The van der Waals surface area contributed by atoms with Crippen molar-refractivity contribution in [2.75, 3.05) is 95.1 Å². The molecule has 0 saturated carbocycles. The second kappa shape index (κ2) is 42.7. The predicted molar refractivity (Wildman–Crippen MR) is 473 cm³/mol. The minimum Gasteiger partial charge on any atom is -0.507 e. The van der Waals surface area contributed by atoms with Crippen LogP contribution in [0.3, 0.4) is 0 Å². The molecule has 7 aromatic rings. The molecule has 688 valence electrons. The molecule has 17 bridgehead atoms. The van der Waals surface area contributed by atoms with Crippen molar-refractivity contribution < 1.29 is 107 Å². The Morgan fingerprint density at radius 3 is 1.83 bits per heavy atom. The van der Waals surface area contributed by atoms with E-state index in [-0.39, 0.29) is 93.0 Å². The molecule has 8 amide bonds. The molecule has 7 aliphatic rings. The highest BCUT2D eigenvalue weighted by molar-refractivity contribution is 6.33. The van der Waals surface area contributed by atoms with Crippen LogP contribution in [0.5, 0.6) is 69.0 Å². The first-order valence-electron chi connectivity index (χ1n) is 43.0. The lowest BCUT2D eigenvalue weighted by Gasteiger charge is -2.40. The summed E-state index contributed by atoms with van der Waals surface area (Å²) >= 11 is 14.3. The maximum absolute atomic E-state index is 16.8. The van der Waals surface area contributed by atoms with E-state index in [9.17, 15) is 50.4 Å². The van der Waals surface area contributed by atoms with Crippen LogP contribution >= 0.6 is 23.2 Å². The molecule has 128 heavy (non-hydrogen) atoms. The zero-order valence-corrected chi connectivity index (χ0v) is 74.1. The number of aromatic hydroxyl groups is 5. The molecule has 35 nitrogen and oxygen atoms in total. The molecule has 0 aliphatic carbocycles. The number of ether oxygens (including phenoxy) is 5. The lowest BCUT2D eigenvalue weighted by Crippen LogP contribution is -2.65. The van der Waals surface area contributed by atoms with Crippen LogP contribution in [0.2, 0.25) is 10.0 Å². The van der Waals surface area contributed by atoms with Gasteiger partial charge in [0, 0.05) is 61.8 Å². The monoisotopic (exact) mass is 1810 g/mol. The van der Waals surface area contributed by atoms with Gasteiger partial charge in [0.25, 0.3) is 5.91 Å². The summed E-state index contributed by atoms with van der Waals surface area (Å²) in [5, 5.41) is 124. The maximum Gasteiger partial charge on any atom is 0.252 e. The second-order valence-electron chi connectivity index (χ2n) is 34.1. The number of hydrogen-bond acceptors (Lipinski definition) is 26. The molecule has 0 spiro atoms. The first-order chi connectivity index (χ1) is 61.1. The molecule has 20 N–H and O–H groups in total. The Morgan fingerprint density at radius 2 is 1.15 bits per heavy atom. The highest BCUT2D eigenvalue weighted by Gasteiger charge is 2.49. The van der Waals surface area contributed by atoms with Gasteiger partial charge in [-0.1, -0.05) is 99.0 Å². The predicted octanol–water partition coefficient (Wildman–Crippen LogP) is 6.44. The topological polar surface area (TPSA) is 497 Å². The summed E-state index contributed by atoms with van der Waals surface area (Å²) in [6, 6.07) is 7.16. The first kappa shape index (κ1) is 95.8. The molecule has 1 saturated heterocycles. The molecular weight excluding hydrogens is 1700 g/mol. The number of aliphatic hydroxyl groups is 3. The Morgan fingerprint density at radius 1 is 0.547 bits per heavy atom. The molecule has 1 fully saturated rings. The molecule has 7 heterocycles. The lowest BCUT2D eigenvalue weighted by molar-refractivity contribution is -0.890. The zero-order valence-electron chi connectivity index (χ0n) is 72.6. The van der Waals surface area contributed by atoms with Gasteiger partial charge in [0.15, 0.2) is 29.1 Å². The highest BCUT2D eigenvalue weighted by atomic mass is 35.5. The molecule has 37 heteroatoms. The van der Waals surface area contributed by atoms with Gasteiger partial charge in [0.05, 0.1) is 48.8 Å². The molecule has 14 rings (SSSR count). The van der Waals surface area contributed by atoms with Crippen LogP contribution in [0, 0.1) is 0 Å². The zero-order chi connectivity index (χ0) is 92.1. The Balaban J connectivity index is 1.05.